The number of fused-ring (bicyclic) bond motifs is 7. The van der Waals surface area contributed by atoms with Crippen LogP contribution in [-0.2, 0) is 4.79 Å². The van der Waals surface area contributed by atoms with Crippen LogP contribution in [0.5, 0.6) is 0 Å². The van der Waals surface area contributed by atoms with Gasteiger partial charge in [-0.25, -0.2) is 0 Å². The molecule has 4 heteroatoms. The number of carbonyl (C=O) groups is 1. The van der Waals surface area contributed by atoms with E-state index >= 15 is 0 Å². The number of hydrogen-bond acceptors (Lipinski definition) is 3. The number of carboxylic acid groups (broad SMARTS) is 1. The lowest BCUT2D eigenvalue weighted by molar-refractivity contribution is -0.247. The smallest absolute Gasteiger partial charge is 0.314 e. The normalized spacial score (nSPS) is 56.3. The molecule has 0 radical (unpaired) electrons. The Kier molecular flexibility index (Phi) is 5.36. The van der Waals surface area contributed by atoms with E-state index in [0.29, 0.717) is 24.2 Å². The minimum Gasteiger partial charge on any atom is -0.481 e. The van der Waals surface area contributed by atoms with E-state index in [0.717, 1.165) is 32.1 Å². The molecule has 0 aromatic rings. The first-order chi connectivity index (χ1) is 15.7. The van der Waals surface area contributed by atoms with Gasteiger partial charge in [-0.1, -0.05) is 60.1 Å². The van der Waals surface area contributed by atoms with E-state index in [1.807, 2.05) is 0 Å². The third-order valence-corrected chi connectivity index (χ3v) is 13.3. The van der Waals surface area contributed by atoms with Crippen LogP contribution in [0.4, 0.5) is 0 Å². The van der Waals surface area contributed by atoms with E-state index in [-0.39, 0.29) is 22.7 Å². The lowest BCUT2D eigenvalue weighted by Crippen LogP contribution is -2.69. The molecule has 5 aliphatic rings. The molecule has 5 rings (SSSR count). The van der Waals surface area contributed by atoms with Gasteiger partial charge in [0, 0.05) is 11.8 Å². The summed E-state index contributed by atoms with van der Waals surface area (Å²) < 4.78 is 0. The summed E-state index contributed by atoms with van der Waals surface area (Å²) in [5.41, 5.74) is -0.495. The second-order valence-corrected chi connectivity index (χ2v) is 14.6. The summed E-state index contributed by atoms with van der Waals surface area (Å²) in [6.45, 7) is 16.0. The van der Waals surface area contributed by atoms with Crippen LogP contribution in [-0.4, -0.2) is 33.5 Å². The molecule has 192 valence electrons. The Labute approximate surface area is 206 Å². The summed E-state index contributed by atoms with van der Waals surface area (Å²) in [5.74, 6) is 1.08. The van der Waals surface area contributed by atoms with Crippen molar-refractivity contribution in [3.05, 3.63) is 11.6 Å². The molecule has 4 saturated carbocycles. The first-order valence-corrected chi connectivity index (χ1v) is 14.0. The van der Waals surface area contributed by atoms with Crippen LogP contribution >= 0.6 is 0 Å². The Bertz CT molecular complexity index is 907. The predicted octanol–water partition coefficient (Wildman–Crippen LogP) is 6.06. The van der Waals surface area contributed by atoms with Crippen molar-refractivity contribution in [2.45, 2.75) is 112 Å². The maximum absolute atomic E-state index is 13.5. The summed E-state index contributed by atoms with van der Waals surface area (Å²) in [7, 11) is 0. The van der Waals surface area contributed by atoms with Gasteiger partial charge in [0.15, 0.2) is 0 Å². The van der Waals surface area contributed by atoms with Crippen molar-refractivity contribution in [2.75, 3.05) is 0 Å². The van der Waals surface area contributed by atoms with Crippen LogP contribution < -0.4 is 0 Å². The highest BCUT2D eigenvalue weighted by Crippen LogP contribution is 2.75. The molecule has 0 aliphatic heterocycles. The van der Waals surface area contributed by atoms with Gasteiger partial charge in [-0.05, 0) is 90.8 Å². The van der Waals surface area contributed by atoms with Crippen molar-refractivity contribution >= 4 is 5.97 Å². The van der Waals surface area contributed by atoms with Crippen LogP contribution in [0.3, 0.4) is 0 Å². The van der Waals surface area contributed by atoms with Crippen LogP contribution in [0.15, 0.2) is 11.6 Å². The number of hydrogen-bond donors (Lipinski definition) is 3. The molecular formula is C30H48O4. The molecule has 3 N–H and O–H groups in total. The molecule has 0 heterocycles. The zero-order valence-corrected chi connectivity index (χ0v) is 22.5. The van der Waals surface area contributed by atoms with Crippen LogP contribution in [0.1, 0.15) is 99.8 Å². The summed E-state index contributed by atoms with van der Waals surface area (Å²) in [6, 6.07) is 0. The van der Waals surface area contributed by atoms with Gasteiger partial charge in [-0.15, -0.1) is 0 Å². The van der Waals surface area contributed by atoms with Gasteiger partial charge in [0.1, 0.15) is 0 Å². The van der Waals surface area contributed by atoms with E-state index in [1.165, 1.54) is 18.4 Å². The summed E-state index contributed by atoms with van der Waals surface area (Å²) in [4.78, 5) is 13.5. The number of rotatable bonds is 1. The average molecular weight is 473 g/mol. The molecule has 4 nitrogen and oxygen atoms in total. The van der Waals surface area contributed by atoms with Crippen molar-refractivity contribution in [1.82, 2.24) is 0 Å². The molecule has 0 aromatic heterocycles. The van der Waals surface area contributed by atoms with Crippen molar-refractivity contribution in [3.8, 4) is 0 Å². The SMILES string of the molecule is CC1CCC2(C)CCC3(C(=O)O)C(=CCC4C5(C)C(O)CC(O)C(C)(C)C5CCC43C)C2C1C. The van der Waals surface area contributed by atoms with Gasteiger partial charge in [0.2, 0.25) is 0 Å². The van der Waals surface area contributed by atoms with Crippen molar-refractivity contribution in [3.63, 3.8) is 0 Å². The molecule has 0 amide bonds. The highest BCUT2D eigenvalue weighted by atomic mass is 16.4. The zero-order chi connectivity index (χ0) is 25.1. The van der Waals surface area contributed by atoms with Gasteiger partial charge >= 0.3 is 5.97 Å². The van der Waals surface area contributed by atoms with E-state index in [9.17, 15) is 20.1 Å². The monoisotopic (exact) mass is 472 g/mol. The maximum Gasteiger partial charge on any atom is 0.314 e. The Morgan fingerprint density at radius 2 is 1.59 bits per heavy atom. The lowest BCUT2D eigenvalue weighted by atomic mass is 9.32. The Hall–Kier alpha value is -0.870. The second-order valence-electron chi connectivity index (χ2n) is 14.6. The van der Waals surface area contributed by atoms with Crippen LogP contribution in [0.25, 0.3) is 0 Å². The van der Waals surface area contributed by atoms with Crippen molar-refractivity contribution < 1.29 is 20.1 Å². The van der Waals surface area contributed by atoms with E-state index in [1.54, 1.807) is 0 Å². The minimum atomic E-state index is -0.848. The van der Waals surface area contributed by atoms with Crippen LogP contribution in [0, 0.1) is 56.7 Å². The molecule has 0 aromatic carbocycles. The van der Waals surface area contributed by atoms with Gasteiger partial charge < -0.3 is 15.3 Å². The number of carboxylic acids is 1. The van der Waals surface area contributed by atoms with Gasteiger partial charge in [0.25, 0.3) is 0 Å². The Morgan fingerprint density at radius 1 is 0.912 bits per heavy atom. The van der Waals surface area contributed by atoms with E-state index < -0.39 is 34.4 Å². The first kappa shape index (κ1) is 24.8. The molecule has 11 unspecified atom stereocenters. The molecule has 11 atom stereocenters. The standard InChI is InChI=1S/C30H48O4/c1-17-10-12-27(5)14-15-30(25(33)34)19(24(27)18(17)2)8-9-21-28(30,6)13-11-20-26(3,4)22(31)16-23(32)29(20,21)7/h8,17-18,20-24,31-32H,9-16H2,1-7H3,(H,33,34). The lowest BCUT2D eigenvalue weighted by Gasteiger charge is -2.71. The van der Waals surface area contributed by atoms with E-state index in [2.05, 4.69) is 54.5 Å². The number of aliphatic carboxylic acids is 1. The fourth-order valence-corrected chi connectivity index (χ4v) is 10.9. The van der Waals surface area contributed by atoms with Gasteiger partial charge in [-0.3, -0.25) is 4.79 Å². The fourth-order valence-electron chi connectivity index (χ4n) is 10.9. The molecule has 0 saturated heterocycles. The van der Waals surface area contributed by atoms with Crippen molar-refractivity contribution in [2.24, 2.45) is 56.7 Å². The fraction of sp³-hybridized carbons (Fsp3) is 0.900. The largest absolute Gasteiger partial charge is 0.481 e. The summed E-state index contributed by atoms with van der Waals surface area (Å²) >= 11 is 0. The van der Waals surface area contributed by atoms with Crippen LogP contribution in [0.2, 0.25) is 0 Å². The quantitative estimate of drug-likeness (QED) is 0.405. The molecule has 5 aliphatic carbocycles. The molecule has 0 spiro atoms. The Morgan fingerprint density at radius 3 is 2.24 bits per heavy atom. The zero-order valence-electron chi connectivity index (χ0n) is 22.5. The third kappa shape index (κ3) is 2.71. The second kappa shape index (κ2) is 7.34. The summed E-state index contributed by atoms with van der Waals surface area (Å²) in [5, 5.41) is 33.5. The van der Waals surface area contributed by atoms with E-state index in [4.69, 9.17) is 0 Å². The number of aliphatic hydroxyl groups excluding tert-OH is 2. The highest BCUT2D eigenvalue weighted by molar-refractivity contribution is 5.81. The molecule has 0 bridgehead atoms. The summed E-state index contributed by atoms with van der Waals surface area (Å²) in [6.07, 6.45) is 8.34. The minimum absolute atomic E-state index is 0.0982. The molecule has 34 heavy (non-hydrogen) atoms. The topological polar surface area (TPSA) is 77.8 Å². The Balaban J connectivity index is 1.68. The number of allylic oxidation sites excluding steroid dienone is 1. The first-order valence-electron chi connectivity index (χ1n) is 14.0. The average Bonchev–Trinajstić information content (AvgIpc) is 2.74. The van der Waals surface area contributed by atoms with Gasteiger partial charge in [0.05, 0.1) is 17.6 Å². The van der Waals surface area contributed by atoms with Crippen molar-refractivity contribution in [1.29, 1.82) is 0 Å². The predicted molar refractivity (Wildman–Crippen MR) is 134 cm³/mol. The number of aliphatic hydroxyl groups is 2. The molecular weight excluding hydrogens is 424 g/mol. The molecule has 4 fully saturated rings. The maximum atomic E-state index is 13.5. The highest BCUT2D eigenvalue weighted by Gasteiger charge is 2.73. The third-order valence-electron chi connectivity index (χ3n) is 13.3. The van der Waals surface area contributed by atoms with Gasteiger partial charge in [-0.2, -0.15) is 0 Å².